The fourth-order valence-electron chi connectivity index (χ4n) is 4.47. The van der Waals surface area contributed by atoms with Gasteiger partial charge in [-0.25, -0.2) is 9.18 Å². The van der Waals surface area contributed by atoms with Gasteiger partial charge in [0.25, 0.3) is 5.89 Å². The first-order chi connectivity index (χ1) is 17.9. The number of amides is 2. The monoisotopic (exact) mass is 498 g/mol. The minimum Gasteiger partial charge on any atom is -0.494 e. The number of hydrogen-bond acceptors (Lipinski definition) is 5. The summed E-state index contributed by atoms with van der Waals surface area (Å²) in [6.45, 7) is 6.65. The Labute approximate surface area is 214 Å². The Morgan fingerprint density at radius 2 is 1.84 bits per heavy atom. The number of nitrogens with zero attached hydrogens (tertiary/aromatic N) is 3. The molecule has 2 amide bonds. The van der Waals surface area contributed by atoms with Crippen molar-refractivity contribution < 1.29 is 18.4 Å². The van der Waals surface area contributed by atoms with Gasteiger partial charge in [-0.3, -0.25) is 4.90 Å². The molecule has 0 fully saturated rings. The minimum atomic E-state index is -0.593. The Kier molecular flexibility index (Phi) is 6.72. The average molecular weight is 499 g/mol. The van der Waals surface area contributed by atoms with Crippen LogP contribution in [0.15, 0.2) is 83.0 Å². The molecule has 1 aromatic heterocycles. The molecule has 37 heavy (non-hydrogen) atoms. The lowest BCUT2D eigenvalue weighted by Gasteiger charge is -2.35. The Morgan fingerprint density at radius 3 is 2.59 bits per heavy atom. The summed E-state index contributed by atoms with van der Waals surface area (Å²) in [7, 11) is 0. The second-order valence-corrected chi connectivity index (χ2v) is 8.89. The van der Waals surface area contributed by atoms with Gasteiger partial charge in [0, 0.05) is 11.3 Å². The fraction of sp³-hybridized carbons (Fsp3) is 0.207. The highest BCUT2D eigenvalue weighted by Crippen LogP contribution is 2.38. The molecule has 4 aromatic rings. The summed E-state index contributed by atoms with van der Waals surface area (Å²) in [4.78, 5) is 19.6. The third kappa shape index (κ3) is 5.09. The summed E-state index contributed by atoms with van der Waals surface area (Å²) < 4.78 is 25.0. The SMILES string of the molecule is CCOc1cccc(CN2C(=O)NC(c3ccc(F)cc3)C(c3nc(-c4cccc(C)c4)no3)=C2C)c1. The van der Waals surface area contributed by atoms with Gasteiger partial charge in [-0.2, -0.15) is 4.98 Å². The summed E-state index contributed by atoms with van der Waals surface area (Å²) in [5.41, 5.74) is 4.84. The molecule has 0 saturated carbocycles. The molecular formula is C29H27FN4O3. The lowest BCUT2D eigenvalue weighted by Crippen LogP contribution is -2.45. The van der Waals surface area contributed by atoms with Gasteiger partial charge in [0.05, 0.1) is 24.8 Å². The van der Waals surface area contributed by atoms with Crippen LogP contribution in [0.5, 0.6) is 5.75 Å². The van der Waals surface area contributed by atoms with E-state index < -0.39 is 6.04 Å². The molecule has 188 valence electrons. The number of ether oxygens (including phenoxy) is 1. The van der Waals surface area contributed by atoms with Gasteiger partial charge in [-0.05, 0) is 62.2 Å². The van der Waals surface area contributed by atoms with E-state index in [4.69, 9.17) is 9.26 Å². The zero-order valence-corrected chi connectivity index (χ0v) is 20.9. The number of halogens is 1. The first kappa shape index (κ1) is 24.2. The van der Waals surface area contributed by atoms with Crippen molar-refractivity contribution in [1.29, 1.82) is 0 Å². The predicted octanol–water partition coefficient (Wildman–Crippen LogP) is 6.28. The van der Waals surface area contributed by atoms with Crippen molar-refractivity contribution in [2.75, 3.05) is 6.61 Å². The Hall–Kier alpha value is -4.46. The number of carbonyl (C=O) groups is 1. The van der Waals surface area contributed by atoms with Gasteiger partial charge in [0.2, 0.25) is 5.82 Å². The maximum absolute atomic E-state index is 13.7. The molecule has 0 saturated heterocycles. The Balaban J connectivity index is 1.57. The smallest absolute Gasteiger partial charge is 0.322 e. The number of aryl methyl sites for hydroxylation is 1. The standard InChI is InChI=1S/C29H27FN4O3/c1-4-36-24-10-6-8-20(16-24)17-34-19(3)25(26(31-29(34)35)21-11-13-23(30)14-12-21)28-32-27(33-37-28)22-9-5-7-18(2)15-22/h5-16,26H,4,17H2,1-3H3,(H,31,35). The van der Waals surface area contributed by atoms with Crippen LogP contribution >= 0.6 is 0 Å². The Morgan fingerprint density at radius 1 is 1.05 bits per heavy atom. The van der Waals surface area contributed by atoms with Gasteiger partial charge < -0.3 is 14.6 Å². The van der Waals surface area contributed by atoms with E-state index in [1.807, 2.05) is 69.3 Å². The van der Waals surface area contributed by atoms with Gasteiger partial charge in [-0.15, -0.1) is 0 Å². The molecule has 0 spiro atoms. The quantitative estimate of drug-likeness (QED) is 0.324. The summed E-state index contributed by atoms with van der Waals surface area (Å²) in [5, 5.41) is 7.26. The third-order valence-corrected chi connectivity index (χ3v) is 6.28. The summed E-state index contributed by atoms with van der Waals surface area (Å²) in [5.74, 6) is 1.12. The van der Waals surface area contributed by atoms with E-state index in [9.17, 15) is 9.18 Å². The van der Waals surface area contributed by atoms with Crippen molar-refractivity contribution in [3.8, 4) is 17.1 Å². The van der Waals surface area contributed by atoms with E-state index in [0.717, 1.165) is 22.4 Å². The number of rotatable bonds is 7. The normalized spacial score (nSPS) is 15.6. The van der Waals surface area contributed by atoms with Crippen molar-refractivity contribution in [2.24, 2.45) is 0 Å². The third-order valence-electron chi connectivity index (χ3n) is 6.28. The van der Waals surface area contributed by atoms with E-state index >= 15 is 0 Å². The van der Waals surface area contributed by atoms with Gasteiger partial charge in [0.15, 0.2) is 0 Å². The molecule has 1 atom stereocenters. The van der Waals surface area contributed by atoms with Gasteiger partial charge in [0.1, 0.15) is 11.6 Å². The van der Waals surface area contributed by atoms with Crippen LogP contribution in [-0.4, -0.2) is 27.7 Å². The van der Waals surface area contributed by atoms with Crippen molar-refractivity contribution in [3.05, 3.63) is 107 Å². The number of benzene rings is 3. The highest BCUT2D eigenvalue weighted by Gasteiger charge is 2.36. The first-order valence-corrected chi connectivity index (χ1v) is 12.1. The lowest BCUT2D eigenvalue weighted by molar-refractivity contribution is 0.203. The highest BCUT2D eigenvalue weighted by atomic mass is 19.1. The maximum Gasteiger partial charge on any atom is 0.322 e. The molecule has 3 aromatic carbocycles. The molecule has 0 bridgehead atoms. The predicted molar refractivity (Wildman–Crippen MR) is 138 cm³/mol. The van der Waals surface area contributed by atoms with E-state index in [1.54, 1.807) is 17.0 Å². The Bertz CT molecular complexity index is 1460. The minimum absolute atomic E-state index is 0.282. The number of aromatic nitrogens is 2. The van der Waals surface area contributed by atoms with Crippen molar-refractivity contribution >= 4 is 11.6 Å². The fourth-order valence-corrected chi connectivity index (χ4v) is 4.47. The average Bonchev–Trinajstić information content (AvgIpc) is 3.37. The van der Waals surface area contributed by atoms with E-state index in [2.05, 4.69) is 15.5 Å². The van der Waals surface area contributed by atoms with Crippen LogP contribution in [0, 0.1) is 12.7 Å². The van der Waals surface area contributed by atoms with E-state index in [-0.39, 0.29) is 17.7 Å². The second kappa shape index (κ2) is 10.3. The molecule has 1 unspecified atom stereocenters. The maximum atomic E-state index is 13.7. The lowest BCUT2D eigenvalue weighted by atomic mass is 9.94. The number of urea groups is 1. The molecule has 5 rings (SSSR count). The number of nitrogens with one attached hydrogen (secondary N) is 1. The first-order valence-electron chi connectivity index (χ1n) is 12.1. The molecule has 0 aliphatic carbocycles. The van der Waals surface area contributed by atoms with Gasteiger partial charge in [-0.1, -0.05) is 53.2 Å². The summed E-state index contributed by atoms with van der Waals surface area (Å²) >= 11 is 0. The van der Waals surface area contributed by atoms with Crippen LogP contribution < -0.4 is 10.1 Å². The van der Waals surface area contributed by atoms with E-state index in [0.29, 0.717) is 35.8 Å². The summed E-state index contributed by atoms with van der Waals surface area (Å²) in [6, 6.07) is 20.6. The number of carbonyl (C=O) groups excluding carboxylic acids is 1. The zero-order valence-electron chi connectivity index (χ0n) is 20.9. The molecule has 1 aliphatic rings. The topological polar surface area (TPSA) is 80.5 Å². The summed E-state index contributed by atoms with van der Waals surface area (Å²) in [6.07, 6.45) is 0. The largest absolute Gasteiger partial charge is 0.494 e. The molecule has 7 nitrogen and oxygen atoms in total. The molecule has 1 aliphatic heterocycles. The molecule has 0 radical (unpaired) electrons. The highest BCUT2D eigenvalue weighted by molar-refractivity contribution is 5.86. The number of hydrogen-bond donors (Lipinski definition) is 1. The molecular weight excluding hydrogens is 471 g/mol. The second-order valence-electron chi connectivity index (χ2n) is 8.89. The molecule has 1 N–H and O–H groups in total. The van der Waals surface area contributed by atoms with Gasteiger partial charge >= 0.3 is 6.03 Å². The molecule has 8 heteroatoms. The van der Waals surface area contributed by atoms with E-state index in [1.165, 1.54) is 12.1 Å². The number of allylic oxidation sites excluding steroid dienone is 1. The van der Waals surface area contributed by atoms with Crippen LogP contribution in [-0.2, 0) is 6.54 Å². The van der Waals surface area contributed by atoms with Crippen molar-refractivity contribution in [3.63, 3.8) is 0 Å². The molecule has 2 heterocycles. The van der Waals surface area contributed by atoms with Crippen LogP contribution in [0.3, 0.4) is 0 Å². The van der Waals surface area contributed by atoms with Crippen molar-refractivity contribution in [1.82, 2.24) is 20.4 Å². The van der Waals surface area contributed by atoms with Crippen LogP contribution in [0.1, 0.15) is 42.5 Å². The van der Waals surface area contributed by atoms with Crippen LogP contribution in [0.4, 0.5) is 9.18 Å². The van der Waals surface area contributed by atoms with Crippen molar-refractivity contribution in [2.45, 2.75) is 33.4 Å². The zero-order chi connectivity index (χ0) is 25.9. The van der Waals surface area contributed by atoms with Crippen LogP contribution in [0.2, 0.25) is 0 Å². The van der Waals surface area contributed by atoms with Crippen LogP contribution in [0.25, 0.3) is 17.0 Å².